The van der Waals surface area contributed by atoms with E-state index < -0.39 is 0 Å². The third-order valence-corrected chi connectivity index (χ3v) is 4.50. The van der Waals surface area contributed by atoms with Crippen molar-refractivity contribution in [2.75, 3.05) is 27.2 Å². The van der Waals surface area contributed by atoms with E-state index in [2.05, 4.69) is 31.3 Å². The van der Waals surface area contributed by atoms with E-state index in [-0.39, 0.29) is 24.3 Å². The van der Waals surface area contributed by atoms with E-state index in [0.717, 1.165) is 0 Å². The highest BCUT2D eigenvalue weighted by atomic mass is 16.5. The molecule has 0 radical (unpaired) electrons. The van der Waals surface area contributed by atoms with Crippen molar-refractivity contribution in [3.05, 3.63) is 65.7 Å². The highest BCUT2D eigenvalue weighted by Crippen LogP contribution is 2.24. The molecular formula is C22H28N2O3. The number of hydrogen-bond acceptors (Lipinski definition) is 3. The normalized spacial score (nSPS) is 11.7. The molecule has 5 heteroatoms. The van der Waals surface area contributed by atoms with Gasteiger partial charge in [0.1, 0.15) is 5.75 Å². The maximum absolute atomic E-state index is 12.7. The van der Waals surface area contributed by atoms with E-state index in [0.29, 0.717) is 23.8 Å². The first-order valence-corrected chi connectivity index (χ1v) is 9.15. The van der Waals surface area contributed by atoms with Gasteiger partial charge in [0.25, 0.3) is 11.8 Å². The second-order valence-corrected chi connectivity index (χ2v) is 7.04. The van der Waals surface area contributed by atoms with E-state index in [1.165, 1.54) is 10.5 Å². The fourth-order valence-corrected chi connectivity index (χ4v) is 2.79. The second kappa shape index (κ2) is 9.76. The zero-order valence-corrected chi connectivity index (χ0v) is 16.4. The number of carbonyl (C=O) groups excluding carboxylic acids is 2. The minimum Gasteiger partial charge on any atom is -0.483 e. The number of hydrogen-bond donors (Lipinski definition) is 1. The summed E-state index contributed by atoms with van der Waals surface area (Å²) >= 11 is 0. The van der Waals surface area contributed by atoms with E-state index in [1.54, 1.807) is 38.4 Å². The van der Waals surface area contributed by atoms with Crippen molar-refractivity contribution >= 4 is 11.8 Å². The molecule has 2 amide bonds. The van der Waals surface area contributed by atoms with Crippen molar-refractivity contribution < 1.29 is 14.3 Å². The molecule has 2 aromatic carbocycles. The standard InChI is InChI=1S/C22H28N2O3/c1-16(2)19(17-10-6-5-7-11-17)14-23-22(26)18-12-8-9-13-20(18)27-15-21(25)24(3)4/h5-13,16,19H,14-15H2,1-4H3,(H,23,26). The van der Waals surface area contributed by atoms with Crippen LogP contribution in [0.5, 0.6) is 5.75 Å². The van der Waals surface area contributed by atoms with Crippen LogP contribution in [0.25, 0.3) is 0 Å². The number of para-hydroxylation sites is 1. The molecule has 0 aliphatic heterocycles. The Morgan fingerprint density at radius 3 is 2.26 bits per heavy atom. The van der Waals surface area contributed by atoms with Gasteiger partial charge in [0.2, 0.25) is 0 Å². The molecular weight excluding hydrogens is 340 g/mol. The average Bonchev–Trinajstić information content (AvgIpc) is 2.66. The maximum Gasteiger partial charge on any atom is 0.259 e. The topological polar surface area (TPSA) is 58.6 Å². The third kappa shape index (κ3) is 5.84. The minimum atomic E-state index is -0.204. The number of carbonyl (C=O) groups is 2. The van der Waals surface area contributed by atoms with Crippen LogP contribution in [0.1, 0.15) is 35.7 Å². The molecule has 0 spiro atoms. The Kier molecular flexibility index (Phi) is 7.41. The molecule has 1 unspecified atom stereocenters. The van der Waals surface area contributed by atoms with Crippen LogP contribution < -0.4 is 10.1 Å². The van der Waals surface area contributed by atoms with Crippen LogP contribution in [-0.2, 0) is 4.79 Å². The van der Waals surface area contributed by atoms with Gasteiger partial charge in [-0.15, -0.1) is 0 Å². The first-order valence-electron chi connectivity index (χ1n) is 9.15. The van der Waals surface area contributed by atoms with Gasteiger partial charge in [-0.05, 0) is 23.6 Å². The minimum absolute atomic E-state index is 0.101. The molecule has 0 saturated carbocycles. The number of likely N-dealkylation sites (N-methyl/N-ethyl adjacent to an activating group) is 1. The quantitative estimate of drug-likeness (QED) is 0.778. The summed E-state index contributed by atoms with van der Waals surface area (Å²) in [7, 11) is 3.33. The largest absolute Gasteiger partial charge is 0.483 e. The van der Waals surface area contributed by atoms with Crippen molar-refractivity contribution in [2.45, 2.75) is 19.8 Å². The summed E-state index contributed by atoms with van der Waals surface area (Å²) in [6.07, 6.45) is 0. The summed E-state index contributed by atoms with van der Waals surface area (Å²) in [6.45, 7) is 4.73. The summed E-state index contributed by atoms with van der Waals surface area (Å²) < 4.78 is 5.57. The molecule has 1 N–H and O–H groups in total. The second-order valence-electron chi connectivity index (χ2n) is 7.04. The van der Waals surface area contributed by atoms with Crippen LogP contribution in [0, 0.1) is 5.92 Å². The van der Waals surface area contributed by atoms with Crippen LogP contribution >= 0.6 is 0 Å². The molecule has 0 bridgehead atoms. The predicted molar refractivity (Wildman–Crippen MR) is 107 cm³/mol. The smallest absolute Gasteiger partial charge is 0.259 e. The Morgan fingerprint density at radius 2 is 1.63 bits per heavy atom. The molecule has 5 nitrogen and oxygen atoms in total. The Labute approximate surface area is 161 Å². The number of amides is 2. The molecule has 0 fully saturated rings. The lowest BCUT2D eigenvalue weighted by atomic mass is 9.88. The van der Waals surface area contributed by atoms with Crippen LogP contribution in [0.2, 0.25) is 0 Å². The van der Waals surface area contributed by atoms with Crippen LogP contribution in [0.15, 0.2) is 54.6 Å². The highest BCUT2D eigenvalue weighted by molar-refractivity contribution is 5.97. The lowest BCUT2D eigenvalue weighted by Gasteiger charge is -2.22. The van der Waals surface area contributed by atoms with E-state index in [1.807, 2.05) is 18.2 Å². The van der Waals surface area contributed by atoms with Gasteiger partial charge >= 0.3 is 0 Å². The summed E-state index contributed by atoms with van der Waals surface area (Å²) in [5.74, 6) is 0.653. The number of benzene rings is 2. The first kappa shape index (κ1) is 20.5. The first-order chi connectivity index (χ1) is 12.9. The molecule has 0 aromatic heterocycles. The summed E-state index contributed by atoms with van der Waals surface area (Å²) in [5.41, 5.74) is 1.63. The number of nitrogens with zero attached hydrogens (tertiary/aromatic N) is 1. The van der Waals surface area contributed by atoms with Gasteiger partial charge in [0.15, 0.2) is 6.61 Å². The monoisotopic (exact) mass is 368 g/mol. The van der Waals surface area contributed by atoms with Gasteiger partial charge in [-0.1, -0.05) is 56.3 Å². The van der Waals surface area contributed by atoms with Crippen molar-refractivity contribution in [3.63, 3.8) is 0 Å². The van der Waals surface area contributed by atoms with Gasteiger partial charge in [-0.25, -0.2) is 0 Å². The average molecular weight is 368 g/mol. The molecule has 2 aromatic rings. The van der Waals surface area contributed by atoms with Crippen molar-refractivity contribution in [1.82, 2.24) is 10.2 Å². The predicted octanol–water partition coefficient (Wildman–Crippen LogP) is 3.32. The maximum atomic E-state index is 12.7. The summed E-state index contributed by atoms with van der Waals surface area (Å²) in [4.78, 5) is 25.9. The van der Waals surface area contributed by atoms with Crippen LogP contribution in [0.3, 0.4) is 0 Å². The molecule has 0 aliphatic carbocycles. The van der Waals surface area contributed by atoms with Crippen molar-refractivity contribution in [2.24, 2.45) is 5.92 Å². The van der Waals surface area contributed by atoms with Gasteiger partial charge in [0.05, 0.1) is 5.56 Å². The summed E-state index contributed by atoms with van der Waals surface area (Å²) in [6, 6.07) is 17.2. The number of rotatable bonds is 8. The summed E-state index contributed by atoms with van der Waals surface area (Å²) in [5, 5.41) is 3.02. The Morgan fingerprint density at radius 1 is 1.00 bits per heavy atom. The fourth-order valence-electron chi connectivity index (χ4n) is 2.79. The highest BCUT2D eigenvalue weighted by Gasteiger charge is 2.19. The molecule has 27 heavy (non-hydrogen) atoms. The third-order valence-electron chi connectivity index (χ3n) is 4.50. The zero-order chi connectivity index (χ0) is 19.8. The van der Waals surface area contributed by atoms with E-state index in [9.17, 15) is 9.59 Å². The van der Waals surface area contributed by atoms with Crippen molar-refractivity contribution in [1.29, 1.82) is 0 Å². The van der Waals surface area contributed by atoms with Crippen LogP contribution in [-0.4, -0.2) is 44.0 Å². The lowest BCUT2D eigenvalue weighted by molar-refractivity contribution is -0.130. The van der Waals surface area contributed by atoms with Crippen LogP contribution in [0.4, 0.5) is 0 Å². The van der Waals surface area contributed by atoms with E-state index in [4.69, 9.17) is 4.74 Å². The molecule has 2 rings (SSSR count). The fraction of sp³-hybridized carbons (Fsp3) is 0.364. The van der Waals surface area contributed by atoms with E-state index >= 15 is 0 Å². The Balaban J connectivity index is 2.06. The van der Waals surface area contributed by atoms with Gasteiger partial charge in [-0.3, -0.25) is 9.59 Å². The molecule has 0 heterocycles. The molecule has 0 saturated heterocycles. The Bertz CT molecular complexity index is 757. The van der Waals surface area contributed by atoms with Gasteiger partial charge in [0, 0.05) is 26.6 Å². The molecule has 144 valence electrons. The SMILES string of the molecule is CC(C)C(CNC(=O)c1ccccc1OCC(=O)N(C)C)c1ccccc1. The van der Waals surface area contributed by atoms with Crippen molar-refractivity contribution in [3.8, 4) is 5.75 Å². The van der Waals surface area contributed by atoms with Gasteiger partial charge in [-0.2, -0.15) is 0 Å². The zero-order valence-electron chi connectivity index (χ0n) is 16.4. The number of ether oxygens (including phenoxy) is 1. The number of nitrogens with one attached hydrogen (secondary N) is 1. The Hall–Kier alpha value is -2.82. The lowest BCUT2D eigenvalue weighted by Crippen LogP contribution is -2.31. The molecule has 1 atom stereocenters. The molecule has 0 aliphatic rings. The van der Waals surface area contributed by atoms with Gasteiger partial charge < -0.3 is 15.0 Å².